The Morgan fingerprint density at radius 2 is 2.29 bits per heavy atom. The summed E-state index contributed by atoms with van der Waals surface area (Å²) in [4.78, 5) is 9.49. The van der Waals surface area contributed by atoms with Crippen molar-refractivity contribution in [1.29, 1.82) is 0 Å². The Labute approximate surface area is 90.1 Å². The fraction of sp³-hybridized carbons (Fsp3) is 0.333. The smallest absolute Gasteiger partial charge is 0.143 e. The standard InChI is InChI=1S/C9H10N2OS2/c1-5-8(6(2)12)14-9(11-5)7-3-13-4-10-7/h3-4,6,12H,1-2H3. The molecule has 0 amide bonds. The summed E-state index contributed by atoms with van der Waals surface area (Å²) in [5.41, 5.74) is 3.58. The SMILES string of the molecule is Cc1nc(-c2cscn2)sc1C(C)O. The molecule has 1 unspecified atom stereocenters. The molecule has 74 valence electrons. The van der Waals surface area contributed by atoms with Crippen molar-refractivity contribution in [3.05, 3.63) is 21.5 Å². The van der Waals surface area contributed by atoms with Crippen LogP contribution < -0.4 is 0 Å². The molecular weight excluding hydrogens is 216 g/mol. The number of hydrogen-bond acceptors (Lipinski definition) is 5. The van der Waals surface area contributed by atoms with Gasteiger partial charge in [0, 0.05) is 5.38 Å². The van der Waals surface area contributed by atoms with Gasteiger partial charge < -0.3 is 5.11 Å². The number of hydrogen-bond donors (Lipinski definition) is 1. The van der Waals surface area contributed by atoms with Crippen molar-refractivity contribution in [1.82, 2.24) is 9.97 Å². The van der Waals surface area contributed by atoms with Gasteiger partial charge in [0.25, 0.3) is 0 Å². The Bertz CT molecular complexity index is 420. The third-order valence-corrected chi connectivity index (χ3v) is 3.80. The molecule has 5 heteroatoms. The maximum absolute atomic E-state index is 9.47. The van der Waals surface area contributed by atoms with E-state index in [1.165, 1.54) is 11.3 Å². The molecular formula is C9H10N2OS2. The molecule has 2 rings (SSSR count). The van der Waals surface area contributed by atoms with Crippen LogP contribution in [0, 0.1) is 6.92 Å². The van der Waals surface area contributed by atoms with E-state index in [9.17, 15) is 5.11 Å². The zero-order valence-corrected chi connectivity index (χ0v) is 9.52. The van der Waals surface area contributed by atoms with Gasteiger partial charge in [0.05, 0.1) is 22.2 Å². The molecule has 3 nitrogen and oxygen atoms in total. The van der Waals surface area contributed by atoms with Crippen LogP contribution in [0.1, 0.15) is 23.6 Å². The zero-order valence-electron chi connectivity index (χ0n) is 7.89. The van der Waals surface area contributed by atoms with Gasteiger partial charge in [0.2, 0.25) is 0 Å². The van der Waals surface area contributed by atoms with Crippen molar-refractivity contribution >= 4 is 22.7 Å². The largest absolute Gasteiger partial charge is 0.388 e. The molecule has 0 aromatic carbocycles. The summed E-state index contributed by atoms with van der Waals surface area (Å²) in [6.45, 7) is 3.67. The molecule has 0 saturated heterocycles. The van der Waals surface area contributed by atoms with E-state index in [-0.39, 0.29) is 0 Å². The number of thiazole rings is 2. The predicted octanol–water partition coefficient (Wildman–Crippen LogP) is 2.63. The molecule has 0 bridgehead atoms. The first kappa shape index (κ1) is 9.76. The van der Waals surface area contributed by atoms with Crippen LogP contribution in [0.25, 0.3) is 10.7 Å². The number of aliphatic hydroxyl groups excluding tert-OH is 1. The van der Waals surface area contributed by atoms with Crippen molar-refractivity contribution in [2.75, 3.05) is 0 Å². The van der Waals surface area contributed by atoms with Gasteiger partial charge in [-0.15, -0.1) is 22.7 Å². The minimum Gasteiger partial charge on any atom is -0.388 e. The quantitative estimate of drug-likeness (QED) is 0.856. The third-order valence-electron chi connectivity index (χ3n) is 1.86. The summed E-state index contributed by atoms with van der Waals surface area (Å²) in [7, 11) is 0. The second-order valence-corrected chi connectivity index (χ2v) is 4.77. The molecule has 0 aliphatic carbocycles. The fourth-order valence-electron chi connectivity index (χ4n) is 1.22. The molecule has 0 aliphatic heterocycles. The van der Waals surface area contributed by atoms with Crippen molar-refractivity contribution in [2.45, 2.75) is 20.0 Å². The van der Waals surface area contributed by atoms with Gasteiger partial charge in [-0.25, -0.2) is 9.97 Å². The maximum Gasteiger partial charge on any atom is 0.143 e. The monoisotopic (exact) mass is 226 g/mol. The average molecular weight is 226 g/mol. The highest BCUT2D eigenvalue weighted by molar-refractivity contribution is 7.15. The molecule has 2 heterocycles. The van der Waals surface area contributed by atoms with Crippen molar-refractivity contribution in [3.63, 3.8) is 0 Å². The lowest BCUT2D eigenvalue weighted by molar-refractivity contribution is 0.202. The van der Waals surface area contributed by atoms with E-state index in [2.05, 4.69) is 9.97 Å². The van der Waals surface area contributed by atoms with Crippen LogP contribution in [0.2, 0.25) is 0 Å². The molecule has 0 spiro atoms. The van der Waals surface area contributed by atoms with Crippen LogP contribution in [-0.2, 0) is 0 Å². The lowest BCUT2D eigenvalue weighted by atomic mass is 10.3. The molecule has 14 heavy (non-hydrogen) atoms. The predicted molar refractivity (Wildman–Crippen MR) is 58.6 cm³/mol. The highest BCUT2D eigenvalue weighted by Gasteiger charge is 2.13. The van der Waals surface area contributed by atoms with Crippen LogP contribution in [0.4, 0.5) is 0 Å². The Balaban J connectivity index is 2.43. The fourth-order valence-corrected chi connectivity index (χ4v) is 2.81. The van der Waals surface area contributed by atoms with E-state index >= 15 is 0 Å². The van der Waals surface area contributed by atoms with E-state index in [0.717, 1.165) is 21.3 Å². The van der Waals surface area contributed by atoms with Gasteiger partial charge in [-0.2, -0.15) is 0 Å². The molecule has 0 radical (unpaired) electrons. The first-order valence-electron chi connectivity index (χ1n) is 4.22. The average Bonchev–Trinajstić information content (AvgIpc) is 2.70. The van der Waals surface area contributed by atoms with Crippen LogP contribution >= 0.6 is 22.7 Å². The van der Waals surface area contributed by atoms with Crippen molar-refractivity contribution in [2.24, 2.45) is 0 Å². The summed E-state index contributed by atoms with van der Waals surface area (Å²) in [5.74, 6) is 0. The number of nitrogens with zero attached hydrogens (tertiary/aromatic N) is 2. The Hall–Kier alpha value is -0.780. The van der Waals surface area contributed by atoms with E-state index in [0.29, 0.717) is 0 Å². The van der Waals surface area contributed by atoms with Gasteiger partial charge in [-0.05, 0) is 13.8 Å². The second kappa shape index (κ2) is 3.76. The molecule has 0 fully saturated rings. The second-order valence-electron chi connectivity index (χ2n) is 3.02. The summed E-state index contributed by atoms with van der Waals surface area (Å²) >= 11 is 3.06. The Morgan fingerprint density at radius 3 is 2.79 bits per heavy atom. The van der Waals surface area contributed by atoms with Gasteiger partial charge in [0.1, 0.15) is 10.7 Å². The Kier molecular flexibility index (Phi) is 2.62. The van der Waals surface area contributed by atoms with E-state index < -0.39 is 6.10 Å². The number of aromatic nitrogens is 2. The molecule has 2 aromatic heterocycles. The van der Waals surface area contributed by atoms with Gasteiger partial charge in [0.15, 0.2) is 0 Å². The highest BCUT2D eigenvalue weighted by Crippen LogP contribution is 2.31. The molecule has 1 N–H and O–H groups in total. The van der Waals surface area contributed by atoms with Crippen LogP contribution in [0.15, 0.2) is 10.9 Å². The zero-order chi connectivity index (χ0) is 10.1. The lowest BCUT2D eigenvalue weighted by Gasteiger charge is -1.98. The summed E-state index contributed by atoms with van der Waals surface area (Å²) in [6, 6.07) is 0. The summed E-state index contributed by atoms with van der Waals surface area (Å²) in [6.07, 6.45) is -0.445. The van der Waals surface area contributed by atoms with Crippen molar-refractivity contribution < 1.29 is 5.11 Å². The van der Waals surface area contributed by atoms with Gasteiger partial charge in [-0.1, -0.05) is 0 Å². The third kappa shape index (κ3) is 1.70. The first-order chi connectivity index (χ1) is 6.68. The van der Waals surface area contributed by atoms with Crippen molar-refractivity contribution in [3.8, 4) is 10.7 Å². The van der Waals surface area contributed by atoms with E-state index in [1.807, 2.05) is 12.3 Å². The lowest BCUT2D eigenvalue weighted by Crippen LogP contribution is -1.88. The Morgan fingerprint density at radius 1 is 1.50 bits per heavy atom. The van der Waals surface area contributed by atoms with E-state index in [1.54, 1.807) is 23.8 Å². The number of aliphatic hydroxyl groups is 1. The minimum atomic E-state index is -0.445. The maximum atomic E-state index is 9.47. The van der Waals surface area contributed by atoms with Gasteiger partial charge >= 0.3 is 0 Å². The van der Waals surface area contributed by atoms with Crippen LogP contribution in [0.5, 0.6) is 0 Å². The van der Waals surface area contributed by atoms with Gasteiger partial charge in [-0.3, -0.25) is 0 Å². The molecule has 0 aliphatic rings. The molecule has 1 atom stereocenters. The molecule has 2 aromatic rings. The van der Waals surface area contributed by atoms with Crippen LogP contribution in [-0.4, -0.2) is 15.1 Å². The normalized spacial score (nSPS) is 13.1. The minimum absolute atomic E-state index is 0.445. The van der Waals surface area contributed by atoms with E-state index in [4.69, 9.17) is 0 Å². The highest BCUT2D eigenvalue weighted by atomic mass is 32.1. The van der Waals surface area contributed by atoms with Crippen LogP contribution in [0.3, 0.4) is 0 Å². The first-order valence-corrected chi connectivity index (χ1v) is 5.98. The summed E-state index contributed by atoms with van der Waals surface area (Å²) in [5, 5.41) is 12.3. The topological polar surface area (TPSA) is 46.0 Å². The molecule has 0 saturated carbocycles. The number of aryl methyl sites for hydroxylation is 1. The number of rotatable bonds is 2. The summed E-state index contributed by atoms with van der Waals surface area (Å²) < 4.78 is 0.